The van der Waals surface area contributed by atoms with E-state index < -0.39 is 0 Å². The van der Waals surface area contributed by atoms with Crippen molar-refractivity contribution in [3.63, 3.8) is 0 Å². The lowest BCUT2D eigenvalue weighted by atomic mass is 9.81. The first-order chi connectivity index (χ1) is 6.79. The molecule has 0 radical (unpaired) electrons. The Morgan fingerprint density at radius 1 is 1.20 bits per heavy atom. The van der Waals surface area contributed by atoms with Crippen LogP contribution in [0.15, 0.2) is 0 Å². The molecule has 1 fully saturated rings. The minimum atomic E-state index is 0.212. The molecular formula is C13H27NO. The molecule has 0 aromatic heterocycles. The van der Waals surface area contributed by atoms with Gasteiger partial charge in [-0.1, -0.05) is 20.8 Å². The fraction of sp³-hybridized carbons (Fsp3) is 1.00. The molecule has 1 aliphatic rings. The Kier molecular flexibility index (Phi) is 4.19. The normalized spacial score (nSPS) is 24.2. The second-order valence-electron chi connectivity index (χ2n) is 6.68. The van der Waals surface area contributed by atoms with Gasteiger partial charge in [-0.25, -0.2) is 0 Å². The maximum Gasteiger partial charge on any atom is 0.0619 e. The van der Waals surface area contributed by atoms with Crippen LogP contribution < -0.4 is 5.32 Å². The topological polar surface area (TPSA) is 21.3 Å². The fourth-order valence-electron chi connectivity index (χ4n) is 2.78. The van der Waals surface area contributed by atoms with E-state index in [4.69, 9.17) is 4.74 Å². The SMILES string of the molecule is CC(C)(C)CC(C)(C)NC1CCCOC1. The summed E-state index contributed by atoms with van der Waals surface area (Å²) in [4.78, 5) is 0. The van der Waals surface area contributed by atoms with E-state index in [0.717, 1.165) is 13.2 Å². The summed E-state index contributed by atoms with van der Waals surface area (Å²) >= 11 is 0. The Balaban J connectivity index is 2.40. The zero-order valence-electron chi connectivity index (χ0n) is 11.0. The van der Waals surface area contributed by atoms with Crippen LogP contribution >= 0.6 is 0 Å². The molecule has 2 nitrogen and oxygen atoms in total. The molecule has 1 atom stereocenters. The summed E-state index contributed by atoms with van der Waals surface area (Å²) in [6.07, 6.45) is 3.65. The summed E-state index contributed by atoms with van der Waals surface area (Å²) in [6, 6.07) is 0.552. The van der Waals surface area contributed by atoms with E-state index in [1.54, 1.807) is 0 Å². The summed E-state index contributed by atoms with van der Waals surface area (Å²) in [5.41, 5.74) is 0.593. The van der Waals surface area contributed by atoms with E-state index >= 15 is 0 Å². The van der Waals surface area contributed by atoms with Gasteiger partial charge in [0.2, 0.25) is 0 Å². The van der Waals surface area contributed by atoms with Crippen LogP contribution in [0.25, 0.3) is 0 Å². The predicted octanol–water partition coefficient (Wildman–Crippen LogP) is 2.97. The van der Waals surface area contributed by atoms with Crippen molar-refractivity contribution in [2.75, 3.05) is 13.2 Å². The molecule has 1 aliphatic heterocycles. The standard InChI is InChI=1S/C13H27NO/c1-12(2,3)10-13(4,5)14-11-7-6-8-15-9-11/h11,14H,6-10H2,1-5H3. The molecule has 0 bridgehead atoms. The van der Waals surface area contributed by atoms with Crippen LogP contribution in [0.3, 0.4) is 0 Å². The van der Waals surface area contributed by atoms with Gasteiger partial charge in [-0.15, -0.1) is 0 Å². The van der Waals surface area contributed by atoms with Gasteiger partial charge in [-0.05, 0) is 38.5 Å². The smallest absolute Gasteiger partial charge is 0.0619 e. The molecule has 0 amide bonds. The highest BCUT2D eigenvalue weighted by Crippen LogP contribution is 2.27. The van der Waals surface area contributed by atoms with Gasteiger partial charge in [0.15, 0.2) is 0 Å². The molecule has 0 aliphatic carbocycles. The van der Waals surface area contributed by atoms with Crippen LogP contribution in [0.2, 0.25) is 0 Å². The highest BCUT2D eigenvalue weighted by atomic mass is 16.5. The van der Waals surface area contributed by atoms with Crippen molar-refractivity contribution in [2.24, 2.45) is 5.41 Å². The molecule has 1 N–H and O–H groups in total. The lowest BCUT2D eigenvalue weighted by Crippen LogP contribution is -2.50. The lowest BCUT2D eigenvalue weighted by Gasteiger charge is -2.38. The molecule has 0 aromatic carbocycles. The van der Waals surface area contributed by atoms with Crippen molar-refractivity contribution >= 4 is 0 Å². The zero-order chi connectivity index (χ0) is 11.5. The molecule has 0 spiro atoms. The highest BCUT2D eigenvalue weighted by Gasteiger charge is 2.28. The van der Waals surface area contributed by atoms with Crippen molar-refractivity contribution in [1.29, 1.82) is 0 Å². The van der Waals surface area contributed by atoms with Crippen LogP contribution in [0, 0.1) is 5.41 Å². The Morgan fingerprint density at radius 2 is 1.87 bits per heavy atom. The van der Waals surface area contributed by atoms with Gasteiger partial charge in [-0.2, -0.15) is 0 Å². The molecule has 1 rings (SSSR count). The Morgan fingerprint density at radius 3 is 2.33 bits per heavy atom. The number of hydrogen-bond acceptors (Lipinski definition) is 2. The summed E-state index contributed by atoms with van der Waals surface area (Å²) in [6.45, 7) is 13.3. The summed E-state index contributed by atoms with van der Waals surface area (Å²) < 4.78 is 5.50. The van der Waals surface area contributed by atoms with Gasteiger partial charge in [0, 0.05) is 18.2 Å². The zero-order valence-corrected chi connectivity index (χ0v) is 11.0. The van der Waals surface area contributed by atoms with E-state index in [1.807, 2.05) is 0 Å². The van der Waals surface area contributed by atoms with E-state index in [0.29, 0.717) is 11.5 Å². The number of nitrogens with one attached hydrogen (secondary N) is 1. The Labute approximate surface area is 94.8 Å². The van der Waals surface area contributed by atoms with Crippen molar-refractivity contribution in [3.05, 3.63) is 0 Å². The first kappa shape index (κ1) is 13.0. The minimum Gasteiger partial charge on any atom is -0.380 e. The maximum atomic E-state index is 5.50. The highest BCUT2D eigenvalue weighted by molar-refractivity contribution is 4.87. The summed E-state index contributed by atoms with van der Waals surface area (Å²) in [5.74, 6) is 0. The molecule has 1 unspecified atom stereocenters. The molecule has 0 aromatic rings. The van der Waals surface area contributed by atoms with Crippen molar-refractivity contribution < 1.29 is 4.74 Å². The molecular weight excluding hydrogens is 186 g/mol. The van der Waals surface area contributed by atoms with Crippen LogP contribution in [0.4, 0.5) is 0 Å². The molecule has 1 heterocycles. The van der Waals surface area contributed by atoms with Crippen LogP contribution in [0.1, 0.15) is 53.9 Å². The van der Waals surface area contributed by atoms with Gasteiger partial charge in [-0.3, -0.25) is 0 Å². The van der Waals surface area contributed by atoms with Gasteiger partial charge in [0.25, 0.3) is 0 Å². The van der Waals surface area contributed by atoms with Crippen molar-refractivity contribution in [1.82, 2.24) is 5.32 Å². The average Bonchev–Trinajstić information content (AvgIpc) is 1.99. The largest absolute Gasteiger partial charge is 0.380 e. The maximum absolute atomic E-state index is 5.50. The van der Waals surface area contributed by atoms with Crippen molar-refractivity contribution in [3.8, 4) is 0 Å². The Bertz CT molecular complexity index is 187. The van der Waals surface area contributed by atoms with E-state index in [9.17, 15) is 0 Å². The first-order valence-electron chi connectivity index (χ1n) is 6.14. The number of ether oxygens (including phenoxy) is 1. The summed E-state index contributed by atoms with van der Waals surface area (Å²) in [5, 5.41) is 3.73. The number of rotatable bonds is 3. The van der Waals surface area contributed by atoms with E-state index in [-0.39, 0.29) is 5.54 Å². The average molecular weight is 213 g/mol. The van der Waals surface area contributed by atoms with Gasteiger partial charge < -0.3 is 10.1 Å². The number of hydrogen-bond donors (Lipinski definition) is 1. The summed E-state index contributed by atoms with van der Waals surface area (Å²) in [7, 11) is 0. The molecule has 90 valence electrons. The Hall–Kier alpha value is -0.0800. The second kappa shape index (κ2) is 4.84. The third kappa shape index (κ3) is 5.53. The van der Waals surface area contributed by atoms with Crippen LogP contribution in [0.5, 0.6) is 0 Å². The van der Waals surface area contributed by atoms with E-state index in [1.165, 1.54) is 19.3 Å². The van der Waals surface area contributed by atoms with Crippen LogP contribution in [-0.4, -0.2) is 24.8 Å². The third-order valence-corrected chi connectivity index (χ3v) is 2.73. The fourth-order valence-corrected chi connectivity index (χ4v) is 2.78. The first-order valence-corrected chi connectivity index (χ1v) is 6.14. The third-order valence-electron chi connectivity index (χ3n) is 2.73. The molecule has 1 saturated heterocycles. The van der Waals surface area contributed by atoms with Gasteiger partial charge in [0.05, 0.1) is 6.61 Å². The lowest BCUT2D eigenvalue weighted by molar-refractivity contribution is 0.0557. The molecule has 0 saturated carbocycles. The van der Waals surface area contributed by atoms with Gasteiger partial charge in [0.1, 0.15) is 0 Å². The van der Waals surface area contributed by atoms with Crippen molar-refractivity contribution in [2.45, 2.75) is 65.5 Å². The molecule has 15 heavy (non-hydrogen) atoms. The predicted molar refractivity (Wildman–Crippen MR) is 65.1 cm³/mol. The van der Waals surface area contributed by atoms with Crippen LogP contribution in [-0.2, 0) is 4.74 Å². The quantitative estimate of drug-likeness (QED) is 0.778. The van der Waals surface area contributed by atoms with Gasteiger partial charge >= 0.3 is 0 Å². The van der Waals surface area contributed by atoms with E-state index in [2.05, 4.69) is 39.9 Å². The second-order valence-corrected chi connectivity index (χ2v) is 6.68. The monoisotopic (exact) mass is 213 g/mol. The molecule has 2 heteroatoms. The minimum absolute atomic E-state index is 0.212.